The highest BCUT2D eigenvalue weighted by molar-refractivity contribution is 6.05. The summed E-state index contributed by atoms with van der Waals surface area (Å²) in [5, 5.41) is 3.65. The summed E-state index contributed by atoms with van der Waals surface area (Å²) >= 11 is 0. The summed E-state index contributed by atoms with van der Waals surface area (Å²) in [5.74, 6) is -2.46. The van der Waals surface area contributed by atoms with Crippen LogP contribution in [0.15, 0.2) is 28.8 Å². The van der Waals surface area contributed by atoms with Gasteiger partial charge in [0.1, 0.15) is 17.1 Å². The molecule has 6 nitrogen and oxygen atoms in total. The standard InChI is InChI=1S/C13H10FNO5/c1-18-12(16)9-10(7-3-5-8(14)6-4-7)15-20-11(9)13(17)19-2/h3-6H,1-2H3. The lowest BCUT2D eigenvalue weighted by Gasteiger charge is -2.01. The van der Waals surface area contributed by atoms with Gasteiger partial charge in [-0.2, -0.15) is 0 Å². The second-order valence-corrected chi connectivity index (χ2v) is 3.73. The maximum atomic E-state index is 12.9. The number of hydrogen-bond donors (Lipinski definition) is 0. The highest BCUT2D eigenvalue weighted by Crippen LogP contribution is 2.26. The fraction of sp³-hybridized carbons (Fsp3) is 0.154. The van der Waals surface area contributed by atoms with Gasteiger partial charge in [0.05, 0.1) is 14.2 Å². The van der Waals surface area contributed by atoms with Crippen LogP contribution in [0.25, 0.3) is 11.3 Å². The lowest BCUT2D eigenvalue weighted by atomic mass is 10.1. The third-order valence-corrected chi connectivity index (χ3v) is 2.57. The molecule has 1 aromatic carbocycles. The van der Waals surface area contributed by atoms with E-state index in [4.69, 9.17) is 4.52 Å². The van der Waals surface area contributed by atoms with Crippen LogP contribution >= 0.6 is 0 Å². The van der Waals surface area contributed by atoms with Crippen molar-refractivity contribution in [2.45, 2.75) is 0 Å². The van der Waals surface area contributed by atoms with E-state index in [0.717, 1.165) is 14.2 Å². The van der Waals surface area contributed by atoms with Gasteiger partial charge in [0.15, 0.2) is 0 Å². The predicted octanol–water partition coefficient (Wildman–Crippen LogP) is 2.05. The van der Waals surface area contributed by atoms with E-state index in [9.17, 15) is 14.0 Å². The van der Waals surface area contributed by atoms with Crippen LogP contribution in [0, 0.1) is 5.82 Å². The molecule has 0 aliphatic carbocycles. The average molecular weight is 279 g/mol. The molecule has 20 heavy (non-hydrogen) atoms. The maximum absolute atomic E-state index is 12.9. The summed E-state index contributed by atoms with van der Waals surface area (Å²) in [4.78, 5) is 23.3. The normalized spacial score (nSPS) is 10.2. The Bertz CT molecular complexity index is 647. The smallest absolute Gasteiger partial charge is 0.377 e. The number of methoxy groups -OCH3 is 2. The van der Waals surface area contributed by atoms with E-state index in [1.165, 1.54) is 24.3 Å². The van der Waals surface area contributed by atoms with Gasteiger partial charge in [0.2, 0.25) is 0 Å². The Hall–Kier alpha value is -2.70. The van der Waals surface area contributed by atoms with Crippen LogP contribution in [0.5, 0.6) is 0 Å². The molecule has 1 heterocycles. The quantitative estimate of drug-likeness (QED) is 0.800. The van der Waals surface area contributed by atoms with Crippen molar-refractivity contribution in [1.82, 2.24) is 5.16 Å². The van der Waals surface area contributed by atoms with Crippen molar-refractivity contribution >= 4 is 11.9 Å². The SMILES string of the molecule is COC(=O)c1onc(-c2ccc(F)cc2)c1C(=O)OC. The highest BCUT2D eigenvalue weighted by Gasteiger charge is 2.29. The third kappa shape index (κ3) is 2.37. The van der Waals surface area contributed by atoms with Gasteiger partial charge in [0.25, 0.3) is 5.76 Å². The van der Waals surface area contributed by atoms with E-state index < -0.39 is 17.8 Å². The molecule has 0 aliphatic heterocycles. The van der Waals surface area contributed by atoms with Crippen molar-refractivity contribution in [2.24, 2.45) is 0 Å². The molecule has 0 radical (unpaired) electrons. The molecule has 7 heteroatoms. The zero-order valence-corrected chi connectivity index (χ0v) is 10.7. The Labute approximate surface area is 113 Å². The van der Waals surface area contributed by atoms with Crippen molar-refractivity contribution in [3.8, 4) is 11.3 Å². The number of aromatic nitrogens is 1. The van der Waals surface area contributed by atoms with Crippen LogP contribution in [0.4, 0.5) is 4.39 Å². The lowest BCUT2D eigenvalue weighted by molar-refractivity contribution is 0.0521. The first-order valence-electron chi connectivity index (χ1n) is 5.50. The molecule has 0 N–H and O–H groups in total. The first-order chi connectivity index (χ1) is 9.58. The molecule has 0 amide bonds. The van der Waals surface area contributed by atoms with Gasteiger partial charge in [-0.3, -0.25) is 0 Å². The summed E-state index contributed by atoms with van der Waals surface area (Å²) < 4.78 is 26.8. The molecular formula is C13H10FNO5. The Balaban J connectivity index is 2.59. The van der Waals surface area contributed by atoms with Crippen molar-refractivity contribution in [1.29, 1.82) is 0 Å². The minimum absolute atomic E-state index is 0.0808. The highest BCUT2D eigenvalue weighted by atomic mass is 19.1. The number of carbonyl (C=O) groups excluding carboxylic acids is 2. The topological polar surface area (TPSA) is 78.6 Å². The lowest BCUT2D eigenvalue weighted by Crippen LogP contribution is -2.10. The second kappa shape index (κ2) is 5.52. The molecular weight excluding hydrogens is 269 g/mol. The Morgan fingerprint density at radius 2 is 1.70 bits per heavy atom. The van der Waals surface area contributed by atoms with E-state index in [1.807, 2.05) is 0 Å². The number of carbonyl (C=O) groups is 2. The maximum Gasteiger partial charge on any atom is 0.377 e. The fourth-order valence-electron chi connectivity index (χ4n) is 1.62. The molecule has 0 saturated heterocycles. The van der Waals surface area contributed by atoms with E-state index in [1.54, 1.807) is 0 Å². The van der Waals surface area contributed by atoms with Gasteiger partial charge < -0.3 is 14.0 Å². The Kier molecular flexibility index (Phi) is 3.79. The van der Waals surface area contributed by atoms with Crippen molar-refractivity contribution in [3.05, 3.63) is 41.4 Å². The predicted molar refractivity (Wildman–Crippen MR) is 64.6 cm³/mol. The fourth-order valence-corrected chi connectivity index (χ4v) is 1.62. The van der Waals surface area contributed by atoms with E-state index in [-0.39, 0.29) is 17.0 Å². The first kappa shape index (κ1) is 13.7. The van der Waals surface area contributed by atoms with Crippen molar-refractivity contribution in [3.63, 3.8) is 0 Å². The monoisotopic (exact) mass is 279 g/mol. The summed E-state index contributed by atoms with van der Waals surface area (Å²) in [6.45, 7) is 0. The van der Waals surface area contributed by atoms with Crippen LogP contribution in [0.3, 0.4) is 0 Å². The number of hydrogen-bond acceptors (Lipinski definition) is 6. The van der Waals surface area contributed by atoms with Crippen LogP contribution in [-0.2, 0) is 9.47 Å². The number of ether oxygens (including phenoxy) is 2. The molecule has 0 spiro atoms. The molecule has 0 bridgehead atoms. The van der Waals surface area contributed by atoms with Gasteiger partial charge in [0, 0.05) is 5.56 Å². The number of nitrogens with zero attached hydrogens (tertiary/aromatic N) is 1. The van der Waals surface area contributed by atoms with Gasteiger partial charge in [-0.05, 0) is 24.3 Å². The minimum Gasteiger partial charge on any atom is -0.465 e. The van der Waals surface area contributed by atoms with E-state index >= 15 is 0 Å². The van der Waals surface area contributed by atoms with Crippen molar-refractivity contribution in [2.75, 3.05) is 14.2 Å². The third-order valence-electron chi connectivity index (χ3n) is 2.57. The summed E-state index contributed by atoms with van der Waals surface area (Å²) in [7, 11) is 2.30. The van der Waals surface area contributed by atoms with Crippen LogP contribution < -0.4 is 0 Å². The van der Waals surface area contributed by atoms with Gasteiger partial charge in [-0.25, -0.2) is 14.0 Å². The molecule has 0 fully saturated rings. The van der Waals surface area contributed by atoms with E-state index in [0.29, 0.717) is 5.56 Å². The summed E-state index contributed by atoms with van der Waals surface area (Å²) in [5.41, 5.74) is 0.328. The van der Waals surface area contributed by atoms with Gasteiger partial charge in [-0.1, -0.05) is 5.16 Å². The summed E-state index contributed by atoms with van der Waals surface area (Å²) in [6, 6.07) is 5.20. The minimum atomic E-state index is -0.855. The molecule has 1 aromatic heterocycles. The number of halogens is 1. The Morgan fingerprint density at radius 3 is 2.25 bits per heavy atom. The van der Waals surface area contributed by atoms with E-state index in [2.05, 4.69) is 14.6 Å². The second-order valence-electron chi connectivity index (χ2n) is 3.73. The van der Waals surface area contributed by atoms with Crippen LogP contribution in [0.1, 0.15) is 20.9 Å². The number of rotatable bonds is 3. The molecule has 104 valence electrons. The Morgan fingerprint density at radius 1 is 1.10 bits per heavy atom. The number of esters is 2. The van der Waals surface area contributed by atoms with Gasteiger partial charge in [-0.15, -0.1) is 0 Å². The largest absolute Gasteiger partial charge is 0.465 e. The van der Waals surface area contributed by atoms with Crippen molar-refractivity contribution < 1.29 is 28.0 Å². The molecule has 0 aliphatic rings. The molecule has 0 unspecified atom stereocenters. The van der Waals surface area contributed by atoms with Gasteiger partial charge >= 0.3 is 11.9 Å². The zero-order chi connectivity index (χ0) is 14.7. The molecule has 2 rings (SSSR count). The molecule has 0 atom stereocenters. The van der Waals surface area contributed by atoms with Crippen LogP contribution in [-0.4, -0.2) is 31.3 Å². The van der Waals surface area contributed by atoms with Crippen LogP contribution in [0.2, 0.25) is 0 Å². The molecule has 2 aromatic rings. The molecule has 0 saturated carbocycles. The summed E-state index contributed by atoms with van der Waals surface area (Å²) in [6.07, 6.45) is 0. The zero-order valence-electron chi connectivity index (χ0n) is 10.7. The average Bonchev–Trinajstić information content (AvgIpc) is 2.91. The number of benzene rings is 1. The first-order valence-corrected chi connectivity index (χ1v) is 5.50.